The van der Waals surface area contributed by atoms with Gasteiger partial charge in [0, 0.05) is 6.54 Å². The number of hydrogen-bond donors (Lipinski definition) is 3. The average Bonchev–Trinajstić information content (AvgIpc) is 3.21. The van der Waals surface area contributed by atoms with Crippen molar-refractivity contribution in [1.82, 2.24) is 5.32 Å². The van der Waals surface area contributed by atoms with Crippen molar-refractivity contribution in [1.29, 1.82) is 0 Å². The minimum absolute atomic E-state index is 0.196. The first kappa shape index (κ1) is 13.1. The number of benzene rings is 1. The third kappa shape index (κ3) is 3.82. The van der Waals surface area contributed by atoms with Gasteiger partial charge in [0.25, 0.3) is 0 Å². The average molecular weight is 248 g/mol. The highest BCUT2D eigenvalue weighted by molar-refractivity contribution is 5.81. The third-order valence-electron chi connectivity index (χ3n) is 3.29. The Balaban J connectivity index is 1.74. The first-order chi connectivity index (χ1) is 8.66. The van der Waals surface area contributed by atoms with Crippen LogP contribution in [0, 0.1) is 5.92 Å². The van der Waals surface area contributed by atoms with E-state index in [2.05, 4.69) is 5.32 Å². The van der Waals surface area contributed by atoms with Crippen molar-refractivity contribution in [2.45, 2.75) is 31.4 Å². The lowest BCUT2D eigenvalue weighted by molar-refractivity contribution is -0.122. The van der Waals surface area contributed by atoms with Crippen LogP contribution in [-0.2, 0) is 11.2 Å². The predicted molar refractivity (Wildman–Crippen MR) is 69.9 cm³/mol. The van der Waals surface area contributed by atoms with Gasteiger partial charge in [0.1, 0.15) is 0 Å². The van der Waals surface area contributed by atoms with Crippen LogP contribution in [0.15, 0.2) is 30.3 Å². The molecule has 2 rings (SSSR count). The maximum absolute atomic E-state index is 11.7. The second kappa shape index (κ2) is 5.98. The van der Waals surface area contributed by atoms with E-state index in [1.807, 2.05) is 30.3 Å². The molecule has 1 aliphatic carbocycles. The molecule has 0 radical (unpaired) electrons. The van der Waals surface area contributed by atoms with Crippen molar-refractivity contribution >= 4 is 5.91 Å². The molecule has 1 unspecified atom stereocenters. The van der Waals surface area contributed by atoms with E-state index < -0.39 is 12.1 Å². The molecule has 4 N–H and O–H groups in total. The fourth-order valence-corrected chi connectivity index (χ4v) is 1.94. The van der Waals surface area contributed by atoms with E-state index in [1.165, 1.54) is 0 Å². The monoisotopic (exact) mass is 248 g/mol. The van der Waals surface area contributed by atoms with Crippen molar-refractivity contribution in [3.8, 4) is 0 Å². The van der Waals surface area contributed by atoms with Gasteiger partial charge in [-0.15, -0.1) is 0 Å². The SMILES string of the molecule is N[C@@H](Cc1ccccc1)C(=O)NCC(O)C1CC1. The Labute approximate surface area is 107 Å². The number of nitrogens with two attached hydrogens (primary N) is 1. The molecule has 1 aromatic carbocycles. The Hall–Kier alpha value is -1.39. The van der Waals surface area contributed by atoms with E-state index in [0.717, 1.165) is 18.4 Å². The molecule has 1 amide bonds. The summed E-state index contributed by atoms with van der Waals surface area (Å²) in [6.45, 7) is 0.311. The summed E-state index contributed by atoms with van der Waals surface area (Å²) in [7, 11) is 0. The maximum Gasteiger partial charge on any atom is 0.237 e. The third-order valence-corrected chi connectivity index (χ3v) is 3.29. The molecule has 1 fully saturated rings. The van der Waals surface area contributed by atoms with Crippen molar-refractivity contribution in [2.24, 2.45) is 11.7 Å². The summed E-state index contributed by atoms with van der Waals surface area (Å²) in [5, 5.41) is 12.4. The van der Waals surface area contributed by atoms with Gasteiger partial charge in [0.05, 0.1) is 12.1 Å². The van der Waals surface area contributed by atoms with Crippen LogP contribution in [0.1, 0.15) is 18.4 Å². The predicted octanol–water partition coefficient (Wildman–Crippen LogP) is 0.443. The summed E-state index contributed by atoms with van der Waals surface area (Å²) in [5.74, 6) is 0.175. The van der Waals surface area contributed by atoms with Crippen LogP contribution >= 0.6 is 0 Å². The highest BCUT2D eigenvalue weighted by Crippen LogP contribution is 2.32. The molecule has 0 spiro atoms. The minimum Gasteiger partial charge on any atom is -0.391 e. The summed E-state index contributed by atoms with van der Waals surface area (Å²) < 4.78 is 0. The van der Waals surface area contributed by atoms with Gasteiger partial charge in [0.2, 0.25) is 5.91 Å². The number of amides is 1. The summed E-state index contributed by atoms with van der Waals surface area (Å²) in [6, 6.07) is 9.13. The topological polar surface area (TPSA) is 75.4 Å². The smallest absolute Gasteiger partial charge is 0.237 e. The van der Waals surface area contributed by atoms with Crippen LogP contribution in [0.2, 0.25) is 0 Å². The van der Waals surface area contributed by atoms with E-state index in [-0.39, 0.29) is 5.91 Å². The van der Waals surface area contributed by atoms with Crippen LogP contribution in [0.3, 0.4) is 0 Å². The molecular formula is C14H20N2O2. The van der Waals surface area contributed by atoms with Gasteiger partial charge in [-0.2, -0.15) is 0 Å². The van der Waals surface area contributed by atoms with E-state index in [0.29, 0.717) is 18.9 Å². The highest BCUT2D eigenvalue weighted by Gasteiger charge is 2.30. The first-order valence-electron chi connectivity index (χ1n) is 6.42. The Morgan fingerprint density at radius 1 is 1.39 bits per heavy atom. The van der Waals surface area contributed by atoms with Crippen molar-refractivity contribution in [2.75, 3.05) is 6.54 Å². The summed E-state index contributed by atoms with van der Waals surface area (Å²) in [5.41, 5.74) is 6.88. The quantitative estimate of drug-likeness (QED) is 0.684. The lowest BCUT2D eigenvalue weighted by atomic mass is 10.1. The van der Waals surface area contributed by atoms with Crippen LogP contribution in [0.25, 0.3) is 0 Å². The molecule has 0 aliphatic heterocycles. The second-order valence-electron chi connectivity index (χ2n) is 4.95. The second-order valence-corrected chi connectivity index (χ2v) is 4.95. The van der Waals surface area contributed by atoms with E-state index >= 15 is 0 Å². The van der Waals surface area contributed by atoms with Crippen LogP contribution in [0.4, 0.5) is 0 Å². The number of aliphatic hydroxyl groups is 1. The molecule has 1 aliphatic rings. The summed E-state index contributed by atoms with van der Waals surface area (Å²) in [4.78, 5) is 11.7. The van der Waals surface area contributed by atoms with E-state index in [4.69, 9.17) is 5.73 Å². The van der Waals surface area contributed by atoms with E-state index in [9.17, 15) is 9.90 Å². The lowest BCUT2D eigenvalue weighted by Gasteiger charge is -2.15. The van der Waals surface area contributed by atoms with Gasteiger partial charge >= 0.3 is 0 Å². The Morgan fingerprint density at radius 3 is 2.67 bits per heavy atom. The summed E-state index contributed by atoms with van der Waals surface area (Å²) >= 11 is 0. The number of carbonyl (C=O) groups excluding carboxylic acids is 1. The molecule has 2 atom stereocenters. The summed E-state index contributed by atoms with van der Waals surface area (Å²) in [6.07, 6.45) is 2.23. The zero-order valence-corrected chi connectivity index (χ0v) is 10.4. The lowest BCUT2D eigenvalue weighted by Crippen LogP contribution is -2.44. The van der Waals surface area contributed by atoms with Crippen LogP contribution < -0.4 is 11.1 Å². The molecule has 4 heteroatoms. The zero-order chi connectivity index (χ0) is 13.0. The molecule has 0 aromatic heterocycles. The Bertz CT molecular complexity index is 390. The fraction of sp³-hybridized carbons (Fsp3) is 0.500. The fourth-order valence-electron chi connectivity index (χ4n) is 1.94. The molecule has 1 aromatic rings. The molecule has 98 valence electrons. The van der Waals surface area contributed by atoms with E-state index in [1.54, 1.807) is 0 Å². The number of nitrogens with one attached hydrogen (secondary N) is 1. The van der Waals surface area contributed by atoms with Gasteiger partial charge in [-0.25, -0.2) is 0 Å². The Morgan fingerprint density at radius 2 is 2.06 bits per heavy atom. The van der Waals surface area contributed by atoms with Gasteiger partial charge in [0.15, 0.2) is 0 Å². The number of rotatable bonds is 6. The number of aliphatic hydroxyl groups excluding tert-OH is 1. The molecular weight excluding hydrogens is 228 g/mol. The van der Waals surface area contributed by atoms with Crippen molar-refractivity contribution < 1.29 is 9.90 Å². The molecule has 1 saturated carbocycles. The van der Waals surface area contributed by atoms with Gasteiger partial charge in [-0.05, 0) is 30.7 Å². The van der Waals surface area contributed by atoms with Crippen LogP contribution in [-0.4, -0.2) is 29.7 Å². The first-order valence-corrected chi connectivity index (χ1v) is 6.42. The van der Waals surface area contributed by atoms with Gasteiger partial charge in [-0.1, -0.05) is 30.3 Å². The molecule has 0 heterocycles. The molecule has 0 saturated heterocycles. The normalized spacial score (nSPS) is 18.1. The van der Waals surface area contributed by atoms with Crippen LogP contribution in [0.5, 0.6) is 0 Å². The molecule has 0 bridgehead atoms. The molecule has 18 heavy (non-hydrogen) atoms. The Kier molecular flexibility index (Phi) is 4.33. The van der Waals surface area contributed by atoms with Gasteiger partial charge in [-0.3, -0.25) is 4.79 Å². The standard InChI is InChI=1S/C14H20N2O2/c15-12(8-10-4-2-1-3-5-10)14(18)16-9-13(17)11-6-7-11/h1-5,11-13,17H,6-9,15H2,(H,16,18)/t12-,13?/m0/s1. The zero-order valence-electron chi connectivity index (χ0n) is 10.4. The largest absolute Gasteiger partial charge is 0.391 e. The maximum atomic E-state index is 11.7. The van der Waals surface area contributed by atoms with Crippen molar-refractivity contribution in [3.05, 3.63) is 35.9 Å². The van der Waals surface area contributed by atoms with Crippen molar-refractivity contribution in [3.63, 3.8) is 0 Å². The molecule has 4 nitrogen and oxygen atoms in total. The minimum atomic E-state index is -0.557. The number of carbonyl (C=O) groups is 1. The highest BCUT2D eigenvalue weighted by atomic mass is 16.3. The number of hydrogen-bond acceptors (Lipinski definition) is 3. The van der Waals surface area contributed by atoms with Gasteiger partial charge < -0.3 is 16.2 Å².